The Labute approximate surface area is 191 Å². The molecule has 0 saturated carbocycles. The zero-order valence-corrected chi connectivity index (χ0v) is 17.5. The van der Waals surface area contributed by atoms with Crippen LogP contribution in [-0.4, -0.2) is 30.9 Å². The number of nitriles is 1. The van der Waals surface area contributed by atoms with Crippen molar-refractivity contribution in [3.63, 3.8) is 0 Å². The van der Waals surface area contributed by atoms with Crippen molar-refractivity contribution in [1.29, 1.82) is 5.26 Å². The van der Waals surface area contributed by atoms with E-state index in [9.17, 15) is 20.2 Å². The van der Waals surface area contributed by atoms with Gasteiger partial charge in [-0.15, -0.1) is 0 Å². The van der Waals surface area contributed by atoms with Gasteiger partial charge in [0.1, 0.15) is 29.8 Å². The van der Waals surface area contributed by atoms with Crippen molar-refractivity contribution in [3.05, 3.63) is 98.6 Å². The number of H-pyrrole nitrogens is 1. The highest BCUT2D eigenvalue weighted by Crippen LogP contribution is 2.19. The zero-order valence-electron chi connectivity index (χ0n) is 17.5. The smallest absolute Gasteiger partial charge is 0.307 e. The van der Waals surface area contributed by atoms with Gasteiger partial charge in [-0.2, -0.15) is 15.5 Å². The van der Waals surface area contributed by atoms with E-state index in [1.165, 1.54) is 17.1 Å². The van der Waals surface area contributed by atoms with Crippen LogP contribution in [0.15, 0.2) is 76.9 Å². The second-order valence-electron chi connectivity index (χ2n) is 6.82. The van der Waals surface area contributed by atoms with Crippen molar-refractivity contribution in [1.82, 2.24) is 19.7 Å². The Balaban J connectivity index is 1.40. The number of hydrogen-bond acceptors (Lipinski definition) is 9. The Morgan fingerprint density at radius 3 is 2.68 bits per heavy atom. The molecule has 0 amide bonds. The molecule has 168 valence electrons. The number of nitro groups is 1. The molecule has 2 aromatic heterocycles. The van der Waals surface area contributed by atoms with Gasteiger partial charge < -0.3 is 4.74 Å². The van der Waals surface area contributed by atoms with Crippen LogP contribution in [-0.2, 0) is 6.73 Å². The molecule has 2 heterocycles. The largest absolute Gasteiger partial charge is 0.471 e. The van der Waals surface area contributed by atoms with Gasteiger partial charge in [-0.1, -0.05) is 30.3 Å². The number of rotatable bonds is 8. The highest BCUT2D eigenvalue weighted by molar-refractivity contribution is 5.80. The van der Waals surface area contributed by atoms with Gasteiger partial charge in [0.15, 0.2) is 6.73 Å². The van der Waals surface area contributed by atoms with Crippen molar-refractivity contribution in [2.45, 2.75) is 6.73 Å². The van der Waals surface area contributed by atoms with Crippen LogP contribution in [0.4, 0.5) is 11.6 Å². The van der Waals surface area contributed by atoms with Gasteiger partial charge in [0.05, 0.1) is 16.8 Å². The van der Waals surface area contributed by atoms with Crippen LogP contribution in [0.3, 0.4) is 0 Å². The highest BCUT2D eigenvalue weighted by Gasteiger charge is 2.13. The quantitative estimate of drug-likeness (QED) is 0.232. The molecule has 2 aromatic carbocycles. The molecule has 34 heavy (non-hydrogen) atoms. The molecule has 0 bridgehead atoms. The Morgan fingerprint density at radius 1 is 1.24 bits per heavy atom. The van der Waals surface area contributed by atoms with Crippen molar-refractivity contribution < 1.29 is 9.66 Å². The SMILES string of the molecule is N#Cc1c(-c2ccccc2)nc(NN=Cc2ccc(OCn3cc([N+](=O)[O-])cn3)cc2)[nH]c1=O. The van der Waals surface area contributed by atoms with E-state index in [0.717, 1.165) is 11.8 Å². The van der Waals surface area contributed by atoms with Gasteiger partial charge in [-0.25, -0.2) is 15.1 Å². The van der Waals surface area contributed by atoms with Crippen molar-refractivity contribution in [2.24, 2.45) is 5.10 Å². The van der Waals surface area contributed by atoms with Crippen LogP contribution in [0.25, 0.3) is 11.3 Å². The number of benzene rings is 2. The summed E-state index contributed by atoms with van der Waals surface area (Å²) in [5, 5.41) is 27.9. The average molecular weight is 456 g/mol. The van der Waals surface area contributed by atoms with E-state index in [-0.39, 0.29) is 29.6 Å². The first-order valence-electron chi connectivity index (χ1n) is 9.82. The maximum Gasteiger partial charge on any atom is 0.307 e. The summed E-state index contributed by atoms with van der Waals surface area (Å²) in [6, 6.07) is 17.7. The van der Waals surface area contributed by atoms with E-state index in [2.05, 4.69) is 25.6 Å². The number of hydrazone groups is 1. The van der Waals surface area contributed by atoms with E-state index in [1.54, 1.807) is 48.5 Å². The molecule has 12 heteroatoms. The lowest BCUT2D eigenvalue weighted by Crippen LogP contribution is -2.16. The molecule has 2 N–H and O–H groups in total. The Kier molecular flexibility index (Phi) is 6.36. The molecule has 0 atom stereocenters. The van der Waals surface area contributed by atoms with Gasteiger partial charge in [-0.05, 0) is 29.8 Å². The van der Waals surface area contributed by atoms with Crippen LogP contribution in [0.5, 0.6) is 5.75 Å². The lowest BCUT2D eigenvalue weighted by Gasteiger charge is -2.06. The summed E-state index contributed by atoms with van der Waals surface area (Å²) in [6.45, 7) is 0.0182. The molecular formula is C22H16N8O4. The maximum absolute atomic E-state index is 12.3. The maximum atomic E-state index is 12.3. The number of aromatic nitrogens is 4. The van der Waals surface area contributed by atoms with E-state index in [1.807, 2.05) is 12.1 Å². The second-order valence-corrected chi connectivity index (χ2v) is 6.82. The van der Waals surface area contributed by atoms with Crippen LogP contribution >= 0.6 is 0 Å². The number of nitrogens with one attached hydrogen (secondary N) is 2. The number of aromatic amines is 1. The van der Waals surface area contributed by atoms with E-state index >= 15 is 0 Å². The third kappa shape index (κ3) is 5.11. The average Bonchev–Trinajstić information content (AvgIpc) is 3.33. The highest BCUT2D eigenvalue weighted by atomic mass is 16.6. The Morgan fingerprint density at radius 2 is 2.00 bits per heavy atom. The summed E-state index contributed by atoms with van der Waals surface area (Å²) in [4.78, 5) is 29.2. The molecule has 0 radical (unpaired) electrons. The standard InChI is InChI=1S/C22H16N8O4/c23-10-19-20(16-4-2-1-3-5-16)26-22(27-21(19)31)28-24-11-15-6-8-18(9-7-15)34-14-29-13-17(12-25-29)30(32)33/h1-9,11-13H,14H2,(H2,26,27,28,31). The number of nitrogens with zero attached hydrogens (tertiary/aromatic N) is 6. The third-order valence-electron chi connectivity index (χ3n) is 4.54. The molecule has 0 spiro atoms. The normalized spacial score (nSPS) is 10.7. The van der Waals surface area contributed by atoms with E-state index in [0.29, 0.717) is 11.3 Å². The number of hydrogen-bond donors (Lipinski definition) is 2. The second kappa shape index (κ2) is 9.88. The fourth-order valence-corrected chi connectivity index (χ4v) is 2.91. The third-order valence-corrected chi connectivity index (χ3v) is 4.54. The van der Waals surface area contributed by atoms with E-state index < -0.39 is 10.5 Å². The summed E-state index contributed by atoms with van der Waals surface area (Å²) < 4.78 is 6.86. The molecule has 0 unspecified atom stereocenters. The monoisotopic (exact) mass is 456 g/mol. The van der Waals surface area contributed by atoms with Crippen molar-refractivity contribution >= 4 is 17.9 Å². The number of ether oxygens (including phenoxy) is 1. The molecule has 0 saturated heterocycles. The molecule has 12 nitrogen and oxygen atoms in total. The minimum absolute atomic E-state index is 0.0182. The first kappa shape index (κ1) is 21.9. The molecule has 0 aliphatic heterocycles. The lowest BCUT2D eigenvalue weighted by molar-refractivity contribution is -0.385. The summed E-state index contributed by atoms with van der Waals surface area (Å²) in [6.07, 6.45) is 3.94. The molecule has 0 aliphatic carbocycles. The predicted molar refractivity (Wildman–Crippen MR) is 122 cm³/mol. The Hall–Kier alpha value is -5.31. The molecule has 4 rings (SSSR count). The lowest BCUT2D eigenvalue weighted by atomic mass is 10.1. The van der Waals surface area contributed by atoms with Gasteiger partial charge in [0, 0.05) is 5.56 Å². The van der Waals surface area contributed by atoms with Crippen molar-refractivity contribution in [2.75, 3.05) is 5.43 Å². The summed E-state index contributed by atoms with van der Waals surface area (Å²) in [5.74, 6) is 0.626. The van der Waals surface area contributed by atoms with Gasteiger partial charge in [0.2, 0.25) is 5.95 Å². The van der Waals surface area contributed by atoms with Gasteiger partial charge in [-0.3, -0.25) is 19.9 Å². The minimum Gasteiger partial charge on any atom is -0.471 e. The molecule has 4 aromatic rings. The first-order chi connectivity index (χ1) is 16.5. The number of anilines is 1. The van der Waals surface area contributed by atoms with E-state index in [4.69, 9.17) is 4.74 Å². The zero-order chi connectivity index (χ0) is 23.9. The fourth-order valence-electron chi connectivity index (χ4n) is 2.91. The van der Waals surface area contributed by atoms with Crippen LogP contribution in [0.1, 0.15) is 11.1 Å². The summed E-state index contributed by atoms with van der Waals surface area (Å²) in [7, 11) is 0. The van der Waals surface area contributed by atoms with Crippen LogP contribution in [0.2, 0.25) is 0 Å². The molecule has 0 fully saturated rings. The van der Waals surface area contributed by atoms with Gasteiger partial charge >= 0.3 is 5.69 Å². The Bertz CT molecular complexity index is 1440. The topological polar surface area (TPSA) is 164 Å². The van der Waals surface area contributed by atoms with Gasteiger partial charge in [0.25, 0.3) is 5.56 Å². The van der Waals surface area contributed by atoms with Crippen LogP contribution < -0.4 is 15.7 Å². The fraction of sp³-hybridized carbons (Fsp3) is 0.0455. The summed E-state index contributed by atoms with van der Waals surface area (Å²) >= 11 is 0. The first-order valence-corrected chi connectivity index (χ1v) is 9.82. The molecule has 0 aliphatic rings. The summed E-state index contributed by atoms with van der Waals surface area (Å²) in [5.41, 5.74) is 3.52. The molecular weight excluding hydrogens is 440 g/mol. The van der Waals surface area contributed by atoms with Crippen LogP contribution in [0, 0.1) is 21.4 Å². The predicted octanol–water partition coefficient (Wildman–Crippen LogP) is 2.90. The van der Waals surface area contributed by atoms with Crippen molar-refractivity contribution in [3.8, 4) is 23.1 Å². The minimum atomic E-state index is -0.571.